The second-order valence-corrected chi connectivity index (χ2v) is 5.36. The van der Waals surface area contributed by atoms with E-state index in [0.29, 0.717) is 27.0 Å². The Labute approximate surface area is 138 Å². The van der Waals surface area contributed by atoms with E-state index in [0.717, 1.165) is 0 Å². The van der Waals surface area contributed by atoms with Gasteiger partial charge < -0.3 is 10.1 Å². The Morgan fingerprint density at radius 3 is 2.77 bits per heavy atom. The van der Waals surface area contributed by atoms with E-state index >= 15 is 0 Å². The Hall–Kier alpha value is -2.22. The van der Waals surface area contributed by atoms with Crippen LogP contribution in [0.15, 0.2) is 42.5 Å². The Bertz CT molecular complexity index is 741. The summed E-state index contributed by atoms with van der Waals surface area (Å²) in [5, 5.41) is 12.4. The van der Waals surface area contributed by atoms with Gasteiger partial charge in [-0.15, -0.1) is 0 Å². The highest BCUT2D eigenvalue weighted by atomic mass is 35.5. The Morgan fingerprint density at radius 2 is 2.05 bits per heavy atom. The minimum absolute atomic E-state index is 0.336. The van der Waals surface area contributed by atoms with Crippen LogP contribution in [0.4, 0.5) is 5.69 Å². The van der Waals surface area contributed by atoms with Crippen molar-refractivity contribution < 1.29 is 9.53 Å². The SMILES string of the molecule is C[C@@H](Oc1cc(Cl)ccc1Cl)C(=O)Nc1cccc(C#N)c1. The fourth-order valence-electron chi connectivity index (χ4n) is 1.72. The zero-order chi connectivity index (χ0) is 16.1. The van der Waals surface area contributed by atoms with Gasteiger partial charge in [0.25, 0.3) is 5.91 Å². The predicted octanol–water partition coefficient (Wildman–Crippen LogP) is 4.27. The quantitative estimate of drug-likeness (QED) is 0.907. The molecule has 0 unspecified atom stereocenters. The maximum atomic E-state index is 12.1. The van der Waals surface area contributed by atoms with Crippen molar-refractivity contribution in [3.8, 4) is 11.8 Å². The first-order valence-corrected chi connectivity index (χ1v) is 7.18. The number of anilines is 1. The van der Waals surface area contributed by atoms with E-state index in [-0.39, 0.29) is 5.91 Å². The van der Waals surface area contributed by atoms with Crippen LogP contribution in [0.2, 0.25) is 10.0 Å². The summed E-state index contributed by atoms with van der Waals surface area (Å²) in [7, 11) is 0. The zero-order valence-corrected chi connectivity index (χ0v) is 13.2. The van der Waals surface area contributed by atoms with Crippen LogP contribution in [0, 0.1) is 11.3 Å². The molecule has 6 heteroatoms. The summed E-state index contributed by atoms with van der Waals surface area (Å²) in [5.74, 6) is -0.0197. The fourth-order valence-corrected chi connectivity index (χ4v) is 2.05. The molecule has 2 aromatic carbocycles. The summed E-state index contributed by atoms with van der Waals surface area (Å²) in [5.41, 5.74) is 0.987. The van der Waals surface area contributed by atoms with Gasteiger partial charge in [-0.05, 0) is 37.3 Å². The molecule has 1 N–H and O–H groups in total. The molecule has 0 bridgehead atoms. The highest BCUT2D eigenvalue weighted by Gasteiger charge is 2.16. The van der Waals surface area contributed by atoms with Crippen molar-refractivity contribution in [2.24, 2.45) is 0 Å². The molecule has 0 spiro atoms. The van der Waals surface area contributed by atoms with E-state index in [1.807, 2.05) is 6.07 Å². The van der Waals surface area contributed by atoms with Crippen LogP contribution in [0.25, 0.3) is 0 Å². The monoisotopic (exact) mass is 334 g/mol. The second-order valence-electron chi connectivity index (χ2n) is 4.52. The third kappa shape index (κ3) is 4.14. The molecule has 2 rings (SSSR count). The molecule has 22 heavy (non-hydrogen) atoms. The molecule has 0 radical (unpaired) electrons. The first kappa shape index (κ1) is 16.2. The van der Waals surface area contributed by atoms with Gasteiger partial charge in [0, 0.05) is 16.8 Å². The highest BCUT2D eigenvalue weighted by molar-refractivity contribution is 6.34. The van der Waals surface area contributed by atoms with Gasteiger partial charge in [-0.3, -0.25) is 4.79 Å². The van der Waals surface area contributed by atoms with Crippen molar-refractivity contribution in [3.05, 3.63) is 58.1 Å². The van der Waals surface area contributed by atoms with Crippen molar-refractivity contribution in [3.63, 3.8) is 0 Å². The summed E-state index contributed by atoms with van der Waals surface area (Å²) in [6, 6.07) is 13.4. The first-order valence-electron chi connectivity index (χ1n) is 6.42. The van der Waals surface area contributed by atoms with E-state index in [1.165, 1.54) is 0 Å². The van der Waals surface area contributed by atoms with E-state index in [9.17, 15) is 4.79 Å². The number of halogens is 2. The van der Waals surface area contributed by atoms with E-state index in [1.54, 1.807) is 49.4 Å². The molecule has 0 saturated carbocycles. The number of nitriles is 1. The molecule has 4 nitrogen and oxygen atoms in total. The molecular formula is C16H12Cl2N2O2. The minimum Gasteiger partial charge on any atom is -0.479 e. The molecule has 0 aliphatic rings. The first-order chi connectivity index (χ1) is 10.5. The topological polar surface area (TPSA) is 62.1 Å². The lowest BCUT2D eigenvalue weighted by molar-refractivity contribution is -0.122. The van der Waals surface area contributed by atoms with Crippen LogP contribution in [0.3, 0.4) is 0 Å². The van der Waals surface area contributed by atoms with Gasteiger partial charge in [-0.1, -0.05) is 29.3 Å². The van der Waals surface area contributed by atoms with Gasteiger partial charge in [-0.25, -0.2) is 0 Å². The Kier molecular flexibility index (Phi) is 5.26. The summed E-state index contributed by atoms with van der Waals surface area (Å²) in [4.78, 5) is 12.1. The summed E-state index contributed by atoms with van der Waals surface area (Å²) in [6.45, 7) is 1.60. The van der Waals surface area contributed by atoms with Crippen molar-refractivity contribution in [2.75, 3.05) is 5.32 Å². The second kappa shape index (κ2) is 7.17. The largest absolute Gasteiger partial charge is 0.479 e. The molecule has 1 atom stereocenters. The van der Waals surface area contributed by atoms with Gasteiger partial charge in [0.1, 0.15) is 5.75 Å². The molecule has 1 amide bonds. The smallest absolute Gasteiger partial charge is 0.265 e. The number of hydrogen-bond donors (Lipinski definition) is 1. The van der Waals surface area contributed by atoms with Gasteiger partial charge in [0.15, 0.2) is 6.10 Å². The number of nitrogens with one attached hydrogen (secondary N) is 1. The third-order valence-corrected chi connectivity index (χ3v) is 3.37. The summed E-state index contributed by atoms with van der Waals surface area (Å²) >= 11 is 11.9. The summed E-state index contributed by atoms with van der Waals surface area (Å²) < 4.78 is 5.52. The van der Waals surface area contributed by atoms with Gasteiger partial charge in [-0.2, -0.15) is 5.26 Å². The van der Waals surface area contributed by atoms with Crippen LogP contribution >= 0.6 is 23.2 Å². The van der Waals surface area contributed by atoms with Crippen molar-refractivity contribution in [1.82, 2.24) is 0 Å². The molecule has 0 heterocycles. The Morgan fingerprint density at radius 1 is 1.27 bits per heavy atom. The highest BCUT2D eigenvalue weighted by Crippen LogP contribution is 2.28. The lowest BCUT2D eigenvalue weighted by Gasteiger charge is -2.16. The van der Waals surface area contributed by atoms with Gasteiger partial charge in [0.2, 0.25) is 0 Å². The van der Waals surface area contributed by atoms with E-state index in [2.05, 4.69) is 5.32 Å². The molecule has 0 aliphatic heterocycles. The predicted molar refractivity (Wildman–Crippen MR) is 86.3 cm³/mol. The minimum atomic E-state index is -0.776. The molecule has 0 aromatic heterocycles. The zero-order valence-electron chi connectivity index (χ0n) is 11.6. The lowest BCUT2D eigenvalue weighted by Crippen LogP contribution is -2.30. The standard InChI is InChI=1S/C16H12Cl2N2O2/c1-10(22-15-8-12(17)5-6-14(15)18)16(21)20-13-4-2-3-11(7-13)9-19/h2-8,10H,1H3,(H,20,21)/t10-/m1/s1. The summed E-state index contributed by atoms with van der Waals surface area (Å²) in [6.07, 6.45) is -0.776. The molecular weight excluding hydrogens is 323 g/mol. The lowest BCUT2D eigenvalue weighted by atomic mass is 10.2. The Balaban J connectivity index is 2.06. The van der Waals surface area contributed by atoms with E-state index < -0.39 is 6.10 Å². The van der Waals surface area contributed by atoms with Crippen LogP contribution in [-0.4, -0.2) is 12.0 Å². The van der Waals surface area contributed by atoms with Crippen LogP contribution in [-0.2, 0) is 4.79 Å². The number of amides is 1. The van der Waals surface area contributed by atoms with E-state index in [4.69, 9.17) is 33.2 Å². The van der Waals surface area contributed by atoms with Crippen LogP contribution in [0.5, 0.6) is 5.75 Å². The molecule has 0 aliphatic carbocycles. The average Bonchev–Trinajstić information content (AvgIpc) is 2.51. The van der Waals surface area contributed by atoms with Crippen LogP contribution in [0.1, 0.15) is 12.5 Å². The number of hydrogen-bond acceptors (Lipinski definition) is 3. The number of benzene rings is 2. The maximum Gasteiger partial charge on any atom is 0.265 e. The normalized spacial score (nSPS) is 11.4. The number of ether oxygens (including phenoxy) is 1. The molecule has 0 saturated heterocycles. The molecule has 2 aromatic rings. The maximum absolute atomic E-state index is 12.1. The van der Waals surface area contributed by atoms with Crippen molar-refractivity contribution >= 4 is 34.8 Å². The molecule has 0 fully saturated rings. The van der Waals surface area contributed by atoms with Gasteiger partial charge >= 0.3 is 0 Å². The number of nitrogens with zero attached hydrogens (tertiary/aromatic N) is 1. The van der Waals surface area contributed by atoms with Crippen LogP contribution < -0.4 is 10.1 Å². The van der Waals surface area contributed by atoms with Crippen molar-refractivity contribution in [1.29, 1.82) is 5.26 Å². The van der Waals surface area contributed by atoms with Crippen molar-refractivity contribution in [2.45, 2.75) is 13.0 Å². The molecule has 112 valence electrons. The average molecular weight is 335 g/mol. The number of carbonyl (C=O) groups is 1. The number of carbonyl (C=O) groups excluding carboxylic acids is 1. The third-order valence-electron chi connectivity index (χ3n) is 2.83. The number of rotatable bonds is 4. The fraction of sp³-hybridized carbons (Fsp3) is 0.125. The van der Waals surface area contributed by atoms with Gasteiger partial charge in [0.05, 0.1) is 16.7 Å².